The normalized spacial score (nSPS) is 13.5. The molecule has 0 bridgehead atoms. The highest BCUT2D eigenvalue weighted by molar-refractivity contribution is 7.92. The highest BCUT2D eigenvalue weighted by atomic mass is 35.5. The Morgan fingerprint density at radius 2 is 1.74 bits per heavy atom. The number of anilines is 1. The first-order chi connectivity index (χ1) is 18.4. The van der Waals surface area contributed by atoms with Crippen LogP contribution in [0.5, 0.6) is 17.2 Å². The van der Waals surface area contributed by atoms with E-state index in [-0.39, 0.29) is 51.6 Å². The minimum absolute atomic E-state index is 0.0124. The summed E-state index contributed by atoms with van der Waals surface area (Å²) >= 11 is 6.31. The van der Waals surface area contributed by atoms with Crippen LogP contribution < -0.4 is 14.2 Å². The van der Waals surface area contributed by atoms with Gasteiger partial charge in [-0.3, -0.25) is 4.72 Å². The predicted molar refractivity (Wildman–Crippen MR) is 145 cm³/mol. The number of sulfonamides is 1. The van der Waals surface area contributed by atoms with Crippen LogP contribution in [0.15, 0.2) is 53.7 Å². The molecule has 39 heavy (non-hydrogen) atoms. The van der Waals surface area contributed by atoms with Crippen molar-refractivity contribution in [3.63, 3.8) is 0 Å². The Morgan fingerprint density at radius 1 is 1.05 bits per heavy atom. The Morgan fingerprint density at radius 3 is 2.36 bits per heavy atom. The van der Waals surface area contributed by atoms with E-state index in [0.717, 1.165) is 11.9 Å². The fourth-order valence-corrected chi connectivity index (χ4v) is 4.49. The minimum atomic E-state index is -4.10. The molecule has 13 heteroatoms. The van der Waals surface area contributed by atoms with Gasteiger partial charge in [0.1, 0.15) is 35.7 Å². The third kappa shape index (κ3) is 8.01. The fourth-order valence-electron chi connectivity index (χ4n) is 3.32. The molecule has 0 radical (unpaired) electrons. The lowest BCUT2D eigenvalue weighted by atomic mass is 9.87. The molecule has 11 nitrogen and oxygen atoms in total. The quantitative estimate of drug-likeness (QED) is 0.250. The van der Waals surface area contributed by atoms with Gasteiger partial charge in [0.25, 0.3) is 10.0 Å². The van der Waals surface area contributed by atoms with Gasteiger partial charge in [-0.05, 0) is 35.2 Å². The zero-order valence-electron chi connectivity index (χ0n) is 22.0. The summed E-state index contributed by atoms with van der Waals surface area (Å²) in [6.45, 7) is 4.82. The molecule has 0 aliphatic carbocycles. The van der Waals surface area contributed by atoms with Crippen molar-refractivity contribution in [2.75, 3.05) is 25.0 Å². The van der Waals surface area contributed by atoms with E-state index in [1.807, 2.05) is 20.8 Å². The van der Waals surface area contributed by atoms with E-state index >= 15 is 0 Å². The molecule has 4 N–H and O–H groups in total. The van der Waals surface area contributed by atoms with Gasteiger partial charge in [-0.1, -0.05) is 44.5 Å². The van der Waals surface area contributed by atoms with Crippen molar-refractivity contribution in [1.29, 1.82) is 0 Å². The Kier molecular flexibility index (Phi) is 10.1. The van der Waals surface area contributed by atoms with Crippen LogP contribution in [0.2, 0.25) is 5.02 Å². The Bertz CT molecular complexity index is 1360. The van der Waals surface area contributed by atoms with Crippen LogP contribution in [-0.2, 0) is 26.8 Å². The molecule has 2 atom stereocenters. The fraction of sp³-hybridized carbons (Fsp3) is 0.385. The number of nitrogens with zero attached hydrogens (tertiary/aromatic N) is 2. The van der Waals surface area contributed by atoms with E-state index in [4.69, 9.17) is 30.9 Å². The number of ether oxygens (including phenoxy) is 3. The van der Waals surface area contributed by atoms with E-state index in [0.29, 0.717) is 5.75 Å². The second kappa shape index (κ2) is 12.9. The van der Waals surface area contributed by atoms with Gasteiger partial charge in [-0.2, -0.15) is 0 Å². The molecule has 0 fully saturated rings. The monoisotopic (exact) mass is 581 g/mol. The van der Waals surface area contributed by atoms with Crippen molar-refractivity contribution < 1.29 is 37.9 Å². The first-order valence-corrected chi connectivity index (χ1v) is 13.7. The van der Waals surface area contributed by atoms with Gasteiger partial charge in [0.15, 0.2) is 11.6 Å². The van der Waals surface area contributed by atoms with Crippen molar-refractivity contribution in [3.8, 4) is 17.2 Å². The van der Waals surface area contributed by atoms with Crippen LogP contribution in [0.25, 0.3) is 0 Å². The largest absolute Gasteiger partial charge is 0.497 e. The molecule has 3 aromatic rings. The van der Waals surface area contributed by atoms with E-state index in [1.54, 1.807) is 24.3 Å². The summed E-state index contributed by atoms with van der Waals surface area (Å²) in [4.78, 5) is 8.24. The zero-order chi connectivity index (χ0) is 28.8. The van der Waals surface area contributed by atoms with E-state index in [1.165, 1.54) is 25.3 Å². The van der Waals surface area contributed by atoms with E-state index in [9.17, 15) is 18.6 Å². The molecule has 1 heterocycles. The maximum Gasteiger partial charge on any atom is 0.263 e. The summed E-state index contributed by atoms with van der Waals surface area (Å²) < 4.78 is 45.6. The summed E-state index contributed by atoms with van der Waals surface area (Å²) in [7, 11) is -2.63. The highest BCUT2D eigenvalue weighted by Crippen LogP contribution is 2.37. The number of rotatable bonds is 12. The maximum atomic E-state index is 13.3. The summed E-state index contributed by atoms with van der Waals surface area (Å²) in [5.41, 5.74) is 0.929. The lowest BCUT2D eigenvalue weighted by molar-refractivity contribution is -0.0606. The Balaban J connectivity index is 1.97. The molecule has 0 amide bonds. The Hall–Kier alpha value is -3.00. The van der Waals surface area contributed by atoms with Crippen LogP contribution in [-0.4, -0.2) is 66.2 Å². The Labute approximate surface area is 232 Å². The maximum absolute atomic E-state index is 13.3. The van der Waals surface area contributed by atoms with Gasteiger partial charge in [0.05, 0.1) is 36.8 Å². The van der Waals surface area contributed by atoms with Crippen molar-refractivity contribution >= 4 is 27.4 Å². The number of hydrogen-bond acceptors (Lipinski definition) is 10. The number of aromatic nitrogens is 2. The van der Waals surface area contributed by atoms with Crippen LogP contribution in [0.3, 0.4) is 0 Å². The summed E-state index contributed by atoms with van der Waals surface area (Å²) in [6.07, 6.45) is -1.63. The first kappa shape index (κ1) is 30.5. The predicted octanol–water partition coefficient (Wildman–Crippen LogP) is 3.26. The summed E-state index contributed by atoms with van der Waals surface area (Å²) in [6, 6.07) is 11.2. The number of halogens is 1. The SMILES string of the molecule is COc1ccc(Cl)c(Oc2c(COCC(O)C(O)CO)ncnc2NS(=O)(=O)c2ccc(C(C)(C)C)cc2)c1. The third-order valence-electron chi connectivity index (χ3n) is 5.65. The van der Waals surface area contributed by atoms with Gasteiger partial charge in [-0.25, -0.2) is 18.4 Å². The number of hydrogen-bond donors (Lipinski definition) is 4. The molecule has 0 aliphatic rings. The first-order valence-electron chi connectivity index (χ1n) is 11.9. The molecule has 0 aliphatic heterocycles. The van der Waals surface area contributed by atoms with Crippen LogP contribution in [0, 0.1) is 0 Å². The van der Waals surface area contributed by atoms with Gasteiger partial charge in [0, 0.05) is 6.07 Å². The number of aliphatic hydroxyl groups is 3. The zero-order valence-corrected chi connectivity index (χ0v) is 23.5. The van der Waals surface area contributed by atoms with Crippen LogP contribution in [0.1, 0.15) is 32.0 Å². The molecule has 0 saturated heterocycles. The lowest BCUT2D eigenvalue weighted by Crippen LogP contribution is -2.33. The van der Waals surface area contributed by atoms with Gasteiger partial charge in [0.2, 0.25) is 0 Å². The number of methoxy groups -OCH3 is 1. The molecule has 2 aromatic carbocycles. The van der Waals surface area contributed by atoms with Gasteiger partial charge in [-0.15, -0.1) is 0 Å². The minimum Gasteiger partial charge on any atom is -0.497 e. The molecule has 2 unspecified atom stereocenters. The average molecular weight is 582 g/mol. The standard InChI is InChI=1S/C26H32ClN3O8S/c1-26(2,3)16-5-8-18(9-6-16)39(34,35)30-25-24(38-23-11-17(36-4)7-10-19(23)27)20(28-15-29-25)13-37-14-22(33)21(32)12-31/h5-11,15,21-22,31-33H,12-14H2,1-4H3,(H,28,29,30). The molecule has 0 spiro atoms. The third-order valence-corrected chi connectivity index (χ3v) is 7.32. The van der Waals surface area contributed by atoms with Gasteiger partial charge < -0.3 is 29.5 Å². The summed E-state index contributed by atoms with van der Waals surface area (Å²) in [5.74, 6) is 0.294. The van der Waals surface area contributed by atoms with Crippen molar-refractivity contribution in [3.05, 3.63) is 65.1 Å². The molecule has 0 saturated carbocycles. The van der Waals surface area contributed by atoms with Crippen molar-refractivity contribution in [2.24, 2.45) is 0 Å². The molecular formula is C26H32ClN3O8S. The average Bonchev–Trinajstić information content (AvgIpc) is 2.90. The summed E-state index contributed by atoms with van der Waals surface area (Å²) in [5, 5.41) is 28.6. The van der Waals surface area contributed by atoms with Crippen LogP contribution in [0.4, 0.5) is 5.82 Å². The smallest absolute Gasteiger partial charge is 0.263 e. The van der Waals surface area contributed by atoms with E-state index in [2.05, 4.69) is 14.7 Å². The van der Waals surface area contributed by atoms with E-state index < -0.39 is 28.8 Å². The number of nitrogens with one attached hydrogen (secondary N) is 1. The van der Waals surface area contributed by atoms with Crippen LogP contribution >= 0.6 is 11.6 Å². The molecular weight excluding hydrogens is 550 g/mol. The van der Waals surface area contributed by atoms with Crippen molar-refractivity contribution in [2.45, 2.75) is 49.9 Å². The second-order valence-corrected chi connectivity index (χ2v) is 11.7. The lowest BCUT2D eigenvalue weighted by Gasteiger charge is -2.20. The number of benzene rings is 2. The molecule has 212 valence electrons. The number of aliphatic hydroxyl groups excluding tert-OH is 3. The topological polar surface area (TPSA) is 160 Å². The highest BCUT2D eigenvalue weighted by Gasteiger charge is 2.24. The van der Waals surface area contributed by atoms with Gasteiger partial charge >= 0.3 is 0 Å². The molecule has 1 aromatic heterocycles. The van der Waals surface area contributed by atoms with Crippen molar-refractivity contribution in [1.82, 2.24) is 9.97 Å². The molecule has 3 rings (SSSR count). The second-order valence-electron chi connectivity index (χ2n) is 9.61.